The molecule has 2 aliphatic heterocycles. The first-order chi connectivity index (χ1) is 19.3. The van der Waals surface area contributed by atoms with Gasteiger partial charge in [0.15, 0.2) is 0 Å². The minimum absolute atomic E-state index is 0.00921. The van der Waals surface area contributed by atoms with E-state index in [2.05, 4.69) is 15.2 Å². The first-order valence-electron chi connectivity index (χ1n) is 13.6. The number of carbonyl (C=O) groups excluding carboxylic acids is 2. The zero-order chi connectivity index (χ0) is 29.7. The van der Waals surface area contributed by atoms with E-state index in [9.17, 15) is 18.0 Å². The lowest BCUT2D eigenvalue weighted by atomic mass is 9.85. The lowest BCUT2D eigenvalue weighted by Crippen LogP contribution is -2.59. The highest BCUT2D eigenvalue weighted by atomic mass is 35.5. The molecule has 0 aliphatic carbocycles. The number of likely N-dealkylation sites (N-methyl/N-ethyl adjacent to an activating group) is 1. The Morgan fingerprint density at radius 1 is 1.10 bits per heavy atom. The minimum atomic E-state index is -3.78. The second kappa shape index (κ2) is 11.2. The minimum Gasteiger partial charge on any atom is -0.351 e. The number of piperazine rings is 1. The number of fused-ring (bicyclic) bond motifs is 3. The van der Waals surface area contributed by atoms with Crippen LogP contribution in [-0.2, 0) is 14.8 Å². The maximum atomic E-state index is 13.8. The van der Waals surface area contributed by atoms with Crippen molar-refractivity contribution in [3.05, 3.63) is 64.3 Å². The number of likely N-dealkylation sites (tertiary alicyclic amines) is 2. The van der Waals surface area contributed by atoms with Gasteiger partial charge in [-0.2, -0.15) is 4.31 Å². The number of rotatable bonds is 8. The molecule has 0 unspecified atom stereocenters. The van der Waals surface area contributed by atoms with Crippen LogP contribution in [-0.4, -0.2) is 90.7 Å². The molecule has 2 N–H and O–H groups in total. The monoisotopic (exact) mass is 619 g/mol. The van der Waals surface area contributed by atoms with Crippen LogP contribution >= 0.6 is 23.2 Å². The summed E-state index contributed by atoms with van der Waals surface area (Å²) in [5, 5.41) is 4.38. The molecule has 0 spiro atoms. The zero-order valence-electron chi connectivity index (χ0n) is 23.5. The van der Waals surface area contributed by atoms with Gasteiger partial charge in [0.05, 0.1) is 5.02 Å². The Morgan fingerprint density at radius 3 is 2.46 bits per heavy atom. The number of nitrogens with zero attached hydrogens (tertiary/aromatic N) is 3. The molecule has 0 radical (unpaired) electrons. The maximum absolute atomic E-state index is 13.8. The fourth-order valence-corrected chi connectivity index (χ4v) is 7.66. The Hall–Kier alpha value is -2.63. The van der Waals surface area contributed by atoms with Crippen molar-refractivity contribution in [3.8, 4) is 0 Å². The lowest BCUT2D eigenvalue weighted by molar-refractivity contribution is -0.138. The van der Waals surface area contributed by atoms with Crippen molar-refractivity contribution in [2.45, 2.75) is 50.2 Å². The SMILES string of the molecule is CN(CCN1C[C@@H]2C[C@H]1CN2C(=O)[C@@H](NC(=O)c1cc2ccccc2[nH]1)C(C)(C)C)S(=O)(=O)c1ccc(Cl)cc1Cl. The number of aromatic nitrogens is 1. The largest absolute Gasteiger partial charge is 0.351 e. The van der Waals surface area contributed by atoms with E-state index in [1.807, 2.05) is 49.9 Å². The van der Waals surface area contributed by atoms with E-state index in [0.29, 0.717) is 30.4 Å². The summed E-state index contributed by atoms with van der Waals surface area (Å²) in [7, 11) is -2.24. The fourth-order valence-electron chi connectivity index (χ4n) is 5.75. The van der Waals surface area contributed by atoms with Crippen LogP contribution in [0.15, 0.2) is 53.4 Å². The number of para-hydroxylation sites is 1. The van der Waals surface area contributed by atoms with Crippen LogP contribution in [0, 0.1) is 5.41 Å². The smallest absolute Gasteiger partial charge is 0.268 e. The van der Waals surface area contributed by atoms with Crippen molar-refractivity contribution in [2.75, 3.05) is 33.2 Å². The average Bonchev–Trinajstić information content (AvgIpc) is 3.63. The Bertz CT molecular complexity index is 1550. The van der Waals surface area contributed by atoms with Gasteiger partial charge in [0.2, 0.25) is 15.9 Å². The molecule has 2 bridgehead atoms. The average molecular weight is 621 g/mol. The number of H-pyrrole nitrogens is 1. The Kier molecular flexibility index (Phi) is 8.17. The summed E-state index contributed by atoms with van der Waals surface area (Å²) in [6.07, 6.45) is 0.818. The van der Waals surface area contributed by atoms with Crippen molar-refractivity contribution >= 4 is 55.9 Å². The molecular weight excluding hydrogens is 585 g/mol. The molecular formula is C29H35Cl2N5O4S. The number of hydrogen-bond donors (Lipinski definition) is 2. The highest BCUT2D eigenvalue weighted by Gasteiger charge is 2.48. The molecule has 2 amide bonds. The van der Waals surface area contributed by atoms with Crippen molar-refractivity contribution in [2.24, 2.45) is 5.41 Å². The predicted octanol–water partition coefficient (Wildman–Crippen LogP) is 4.23. The van der Waals surface area contributed by atoms with E-state index in [1.165, 1.54) is 29.6 Å². The summed E-state index contributed by atoms with van der Waals surface area (Å²) in [6, 6.07) is 13.2. The van der Waals surface area contributed by atoms with Crippen molar-refractivity contribution < 1.29 is 18.0 Å². The molecule has 9 nitrogen and oxygen atoms in total. The molecule has 12 heteroatoms. The van der Waals surface area contributed by atoms with Gasteiger partial charge < -0.3 is 15.2 Å². The van der Waals surface area contributed by atoms with E-state index in [-0.39, 0.29) is 40.4 Å². The third-order valence-corrected chi connectivity index (χ3v) is 10.7. The van der Waals surface area contributed by atoms with Crippen molar-refractivity contribution in [1.29, 1.82) is 0 Å². The number of benzene rings is 2. The molecule has 220 valence electrons. The number of carbonyl (C=O) groups is 2. The summed E-state index contributed by atoms with van der Waals surface area (Å²) < 4.78 is 27.4. The molecule has 5 rings (SSSR count). The van der Waals surface area contributed by atoms with E-state index in [0.717, 1.165) is 17.3 Å². The van der Waals surface area contributed by atoms with Gasteiger partial charge in [0.25, 0.3) is 5.91 Å². The standard InChI is InChI=1S/C29H35Cl2N5O4S/c1-29(2,3)26(33-27(37)24-13-18-7-5-6-8-23(18)32-24)28(38)36-17-20-15-21(36)16-35(20)12-11-34(4)41(39,40)25-10-9-19(30)14-22(25)31/h5-10,13-14,20-21,26,32H,11-12,15-17H2,1-4H3,(H,33,37)/t20-,21-,26+/m0/s1. The van der Waals surface area contributed by atoms with E-state index >= 15 is 0 Å². The molecule has 3 atom stereocenters. The second-order valence-electron chi connectivity index (χ2n) is 12.0. The molecule has 0 saturated carbocycles. The number of sulfonamides is 1. The molecule has 1 aromatic heterocycles. The summed E-state index contributed by atoms with van der Waals surface area (Å²) >= 11 is 12.1. The number of amides is 2. The topological polar surface area (TPSA) is 106 Å². The second-order valence-corrected chi connectivity index (χ2v) is 14.8. The van der Waals surface area contributed by atoms with Gasteiger partial charge in [0.1, 0.15) is 16.6 Å². The van der Waals surface area contributed by atoms with Gasteiger partial charge >= 0.3 is 0 Å². The quantitative estimate of drug-likeness (QED) is 0.393. The van der Waals surface area contributed by atoms with Crippen LogP contribution in [0.3, 0.4) is 0 Å². The highest BCUT2D eigenvalue weighted by Crippen LogP contribution is 2.34. The van der Waals surface area contributed by atoms with Crippen LogP contribution in [0.25, 0.3) is 10.9 Å². The Labute approximate surface area is 250 Å². The molecule has 2 aromatic carbocycles. The fraction of sp³-hybridized carbons (Fsp3) is 0.448. The Balaban J connectivity index is 1.21. The maximum Gasteiger partial charge on any atom is 0.268 e. The summed E-state index contributed by atoms with van der Waals surface area (Å²) in [5.74, 6) is -0.406. The summed E-state index contributed by atoms with van der Waals surface area (Å²) in [5.41, 5.74) is 0.782. The Morgan fingerprint density at radius 2 is 1.83 bits per heavy atom. The van der Waals surface area contributed by atoms with E-state index < -0.39 is 21.5 Å². The van der Waals surface area contributed by atoms with Crippen molar-refractivity contribution in [3.63, 3.8) is 0 Å². The molecule has 2 aliphatic rings. The zero-order valence-corrected chi connectivity index (χ0v) is 25.9. The first-order valence-corrected chi connectivity index (χ1v) is 15.8. The van der Waals surface area contributed by atoms with Gasteiger partial charge in [-0.25, -0.2) is 8.42 Å². The third kappa shape index (κ3) is 5.99. The van der Waals surface area contributed by atoms with E-state index in [4.69, 9.17) is 23.2 Å². The molecule has 3 aromatic rings. The van der Waals surface area contributed by atoms with Crippen LogP contribution in [0.5, 0.6) is 0 Å². The predicted molar refractivity (Wildman–Crippen MR) is 161 cm³/mol. The molecule has 41 heavy (non-hydrogen) atoms. The normalized spacial score (nSPS) is 20.2. The van der Waals surface area contributed by atoms with Crippen LogP contribution < -0.4 is 5.32 Å². The van der Waals surface area contributed by atoms with Crippen molar-refractivity contribution in [1.82, 2.24) is 24.4 Å². The molecule has 2 saturated heterocycles. The van der Waals surface area contributed by atoms with E-state index in [1.54, 1.807) is 6.07 Å². The number of aromatic amines is 1. The number of hydrogen-bond acceptors (Lipinski definition) is 5. The van der Waals surface area contributed by atoms with Crippen LogP contribution in [0.2, 0.25) is 10.0 Å². The van der Waals surface area contributed by atoms with Gasteiger partial charge in [-0.15, -0.1) is 0 Å². The molecule has 3 heterocycles. The summed E-state index contributed by atoms with van der Waals surface area (Å²) in [6.45, 7) is 7.85. The highest BCUT2D eigenvalue weighted by molar-refractivity contribution is 7.89. The van der Waals surface area contributed by atoms with Gasteiger partial charge in [-0.05, 0) is 42.2 Å². The molecule has 2 fully saturated rings. The lowest BCUT2D eigenvalue weighted by Gasteiger charge is -2.39. The number of nitrogens with one attached hydrogen (secondary N) is 2. The number of halogens is 2. The van der Waals surface area contributed by atoms with Gasteiger partial charge in [0, 0.05) is 61.2 Å². The van der Waals surface area contributed by atoms with Crippen LogP contribution in [0.4, 0.5) is 0 Å². The summed E-state index contributed by atoms with van der Waals surface area (Å²) in [4.78, 5) is 34.3. The van der Waals surface area contributed by atoms with Gasteiger partial charge in [-0.1, -0.05) is 62.2 Å². The van der Waals surface area contributed by atoms with Gasteiger partial charge in [-0.3, -0.25) is 14.5 Å². The third-order valence-electron chi connectivity index (χ3n) is 8.08. The first kappa shape index (κ1) is 29.8. The van der Waals surface area contributed by atoms with Crippen LogP contribution in [0.1, 0.15) is 37.7 Å².